The first-order chi connectivity index (χ1) is 22.2. The van der Waals surface area contributed by atoms with Crippen molar-refractivity contribution in [1.29, 1.82) is 0 Å². The zero-order valence-electron chi connectivity index (χ0n) is 27.6. The van der Waals surface area contributed by atoms with Crippen LogP contribution in [0.15, 0.2) is 48.5 Å². The number of anilines is 1. The van der Waals surface area contributed by atoms with E-state index in [0.29, 0.717) is 36.3 Å². The van der Waals surface area contributed by atoms with Gasteiger partial charge in [-0.25, -0.2) is 9.59 Å². The molecule has 4 rings (SSSR count). The Hall–Kier alpha value is -3.94. The molecule has 2 aromatic carbocycles. The second-order valence-corrected chi connectivity index (χ2v) is 13.9. The van der Waals surface area contributed by atoms with Gasteiger partial charge in [-0.2, -0.15) is 0 Å². The zero-order valence-corrected chi connectivity index (χ0v) is 29.8. The number of ether oxygens (including phenoxy) is 3. The Balaban J connectivity index is 1.47. The van der Waals surface area contributed by atoms with Crippen LogP contribution in [0.2, 0.25) is 0 Å². The van der Waals surface area contributed by atoms with Crippen molar-refractivity contribution in [3.05, 3.63) is 63.2 Å². The molecule has 2 aliphatic heterocycles. The SMILES string of the molecule is CCOC(=O)C1(C(=O)OCC)Cc2cc(/C=C/C(=O)NC(C(=O)N3CCCC3C(=O)N(C)c3ccc(I)cc3)C(C)(C)C)ccc2O1. The molecule has 0 spiro atoms. The Kier molecular flexibility index (Phi) is 11.4. The van der Waals surface area contributed by atoms with E-state index in [9.17, 15) is 24.0 Å². The van der Waals surface area contributed by atoms with Crippen LogP contribution in [0.3, 0.4) is 0 Å². The topological polar surface area (TPSA) is 132 Å². The fourth-order valence-corrected chi connectivity index (χ4v) is 6.08. The van der Waals surface area contributed by atoms with Gasteiger partial charge >= 0.3 is 17.5 Å². The van der Waals surface area contributed by atoms with Gasteiger partial charge in [0.05, 0.1) is 13.2 Å². The molecule has 0 radical (unpaired) electrons. The maximum absolute atomic E-state index is 13.9. The molecule has 2 unspecified atom stereocenters. The Labute approximate surface area is 289 Å². The summed E-state index contributed by atoms with van der Waals surface area (Å²) in [6, 6.07) is 11.1. The predicted molar refractivity (Wildman–Crippen MR) is 184 cm³/mol. The highest BCUT2D eigenvalue weighted by atomic mass is 127. The van der Waals surface area contributed by atoms with E-state index in [0.717, 1.165) is 9.26 Å². The molecule has 2 aliphatic rings. The quantitative estimate of drug-likeness (QED) is 0.165. The summed E-state index contributed by atoms with van der Waals surface area (Å²) in [4.78, 5) is 69.4. The molecule has 0 aromatic heterocycles. The van der Waals surface area contributed by atoms with Crippen LogP contribution in [0.4, 0.5) is 5.69 Å². The maximum atomic E-state index is 13.9. The summed E-state index contributed by atoms with van der Waals surface area (Å²) in [6.07, 6.45) is 4.04. The number of amides is 3. The summed E-state index contributed by atoms with van der Waals surface area (Å²) in [6.45, 7) is 9.43. The smallest absolute Gasteiger partial charge is 0.362 e. The first-order valence-electron chi connectivity index (χ1n) is 15.7. The molecule has 0 saturated carbocycles. The normalized spacial score (nSPS) is 17.4. The van der Waals surface area contributed by atoms with Gasteiger partial charge in [0.25, 0.3) is 0 Å². The Bertz CT molecular complexity index is 1530. The summed E-state index contributed by atoms with van der Waals surface area (Å²) in [5.41, 5.74) is -0.638. The Morgan fingerprint density at radius 2 is 1.70 bits per heavy atom. The lowest BCUT2D eigenvalue weighted by atomic mass is 9.85. The van der Waals surface area contributed by atoms with Gasteiger partial charge < -0.3 is 29.3 Å². The lowest BCUT2D eigenvalue weighted by molar-refractivity contribution is -0.177. The van der Waals surface area contributed by atoms with Crippen LogP contribution in [-0.4, -0.2) is 79.1 Å². The van der Waals surface area contributed by atoms with Crippen molar-refractivity contribution in [3.63, 3.8) is 0 Å². The third-order valence-electron chi connectivity index (χ3n) is 8.21. The average molecular weight is 760 g/mol. The molecule has 47 heavy (non-hydrogen) atoms. The number of likely N-dealkylation sites (tertiary alicyclic amines) is 1. The second kappa shape index (κ2) is 14.9. The summed E-state index contributed by atoms with van der Waals surface area (Å²) in [5.74, 6) is -2.28. The van der Waals surface area contributed by atoms with E-state index in [-0.39, 0.29) is 31.4 Å². The van der Waals surface area contributed by atoms with Crippen LogP contribution in [-0.2, 0) is 39.9 Å². The van der Waals surface area contributed by atoms with Crippen molar-refractivity contribution < 1.29 is 38.2 Å². The van der Waals surface area contributed by atoms with Gasteiger partial charge in [-0.15, -0.1) is 0 Å². The number of nitrogens with zero attached hydrogens (tertiary/aromatic N) is 2. The fraction of sp³-hybridized carbons (Fsp3) is 0.457. The second-order valence-electron chi connectivity index (χ2n) is 12.6. The third kappa shape index (κ3) is 7.96. The minimum Gasteiger partial charge on any atom is -0.463 e. The lowest BCUT2D eigenvalue weighted by Crippen LogP contribution is -2.57. The number of hydrogen-bond acceptors (Lipinski definition) is 8. The molecule has 2 aromatic rings. The van der Waals surface area contributed by atoms with Crippen LogP contribution in [0.5, 0.6) is 5.75 Å². The van der Waals surface area contributed by atoms with E-state index in [1.807, 2.05) is 45.0 Å². The largest absolute Gasteiger partial charge is 0.463 e. The first-order valence-corrected chi connectivity index (χ1v) is 16.8. The number of carbonyl (C=O) groups excluding carboxylic acids is 5. The van der Waals surface area contributed by atoms with Crippen molar-refractivity contribution in [2.45, 2.75) is 71.6 Å². The van der Waals surface area contributed by atoms with Crippen LogP contribution >= 0.6 is 22.6 Å². The number of esters is 2. The van der Waals surface area contributed by atoms with Crippen molar-refractivity contribution in [1.82, 2.24) is 10.2 Å². The molecule has 11 nitrogen and oxygen atoms in total. The van der Waals surface area contributed by atoms with Gasteiger partial charge in [0.15, 0.2) is 0 Å². The fourth-order valence-electron chi connectivity index (χ4n) is 5.72. The van der Waals surface area contributed by atoms with E-state index < -0.39 is 40.9 Å². The number of halogens is 1. The summed E-state index contributed by atoms with van der Waals surface area (Å²) >= 11 is 2.21. The molecule has 1 fully saturated rings. The predicted octanol–water partition coefficient (Wildman–Crippen LogP) is 4.29. The molecule has 2 heterocycles. The Morgan fingerprint density at radius 3 is 2.30 bits per heavy atom. The monoisotopic (exact) mass is 759 g/mol. The third-order valence-corrected chi connectivity index (χ3v) is 8.93. The molecule has 1 saturated heterocycles. The molecule has 12 heteroatoms. The van der Waals surface area contributed by atoms with E-state index in [1.54, 1.807) is 55.0 Å². The molecule has 0 bridgehead atoms. The van der Waals surface area contributed by atoms with Gasteiger partial charge in [-0.1, -0.05) is 26.8 Å². The summed E-state index contributed by atoms with van der Waals surface area (Å²) in [5, 5.41) is 2.86. The highest BCUT2D eigenvalue weighted by molar-refractivity contribution is 14.1. The Morgan fingerprint density at radius 1 is 1.06 bits per heavy atom. The molecule has 2 atom stereocenters. The highest BCUT2D eigenvalue weighted by Gasteiger charge is 2.56. The minimum absolute atomic E-state index is 0.0693. The van der Waals surface area contributed by atoms with Crippen LogP contribution < -0.4 is 15.0 Å². The molecular weight excluding hydrogens is 717 g/mol. The van der Waals surface area contributed by atoms with Crippen molar-refractivity contribution in [3.8, 4) is 5.75 Å². The molecule has 252 valence electrons. The van der Waals surface area contributed by atoms with Gasteiger partial charge in [0.2, 0.25) is 17.7 Å². The standard InChI is InChI=1S/C35H42IN3O8/c1-7-45-32(43)35(33(44)46-8-2)21-23-20-22(11-17-27(23)47-35)12-18-28(40)37-29(34(3,4)5)31(42)39-19-9-10-26(39)30(41)38(6)25-15-13-24(36)14-16-25/h11-18,20,26,29H,7-10,19,21H2,1-6H3,(H,37,40)/b18-12+. The summed E-state index contributed by atoms with van der Waals surface area (Å²) in [7, 11) is 1.71. The zero-order chi connectivity index (χ0) is 34.5. The van der Waals surface area contributed by atoms with Gasteiger partial charge in [-0.3, -0.25) is 14.4 Å². The van der Waals surface area contributed by atoms with E-state index in [2.05, 4.69) is 27.9 Å². The van der Waals surface area contributed by atoms with Crippen LogP contribution in [0, 0.1) is 8.99 Å². The number of nitrogens with one attached hydrogen (secondary N) is 1. The van der Waals surface area contributed by atoms with Crippen LogP contribution in [0.25, 0.3) is 6.08 Å². The number of carbonyl (C=O) groups is 5. The van der Waals surface area contributed by atoms with Crippen molar-refractivity contribution in [2.75, 3.05) is 31.7 Å². The number of fused-ring (bicyclic) bond motifs is 1. The van der Waals surface area contributed by atoms with Gasteiger partial charge in [-0.05, 0) is 103 Å². The number of rotatable bonds is 10. The molecule has 0 aliphatic carbocycles. The van der Waals surface area contributed by atoms with E-state index >= 15 is 0 Å². The van der Waals surface area contributed by atoms with E-state index in [1.165, 1.54) is 6.08 Å². The number of benzene rings is 2. The summed E-state index contributed by atoms with van der Waals surface area (Å²) < 4.78 is 17.1. The average Bonchev–Trinajstić information content (AvgIpc) is 3.68. The maximum Gasteiger partial charge on any atom is 0.362 e. The number of hydrogen-bond donors (Lipinski definition) is 1. The molecular formula is C35H42IN3O8. The van der Waals surface area contributed by atoms with Crippen molar-refractivity contribution in [2.24, 2.45) is 5.41 Å². The minimum atomic E-state index is -1.93. The van der Waals surface area contributed by atoms with Crippen molar-refractivity contribution >= 4 is 64.0 Å². The van der Waals surface area contributed by atoms with Crippen LogP contribution in [0.1, 0.15) is 58.6 Å². The number of likely N-dealkylation sites (N-methyl/N-ethyl adjacent to an activating group) is 1. The highest BCUT2D eigenvalue weighted by Crippen LogP contribution is 2.38. The van der Waals surface area contributed by atoms with Gasteiger partial charge in [0.1, 0.15) is 17.8 Å². The van der Waals surface area contributed by atoms with E-state index in [4.69, 9.17) is 14.2 Å². The van der Waals surface area contributed by atoms with Gasteiger partial charge in [0, 0.05) is 40.9 Å². The molecule has 3 amide bonds. The molecule has 1 N–H and O–H groups in total. The first kappa shape index (κ1) is 35.9. The lowest BCUT2D eigenvalue weighted by Gasteiger charge is -2.36.